The van der Waals surface area contributed by atoms with Crippen LogP contribution in [0.3, 0.4) is 0 Å². The highest BCUT2D eigenvalue weighted by atomic mass is 32.2. The van der Waals surface area contributed by atoms with E-state index in [4.69, 9.17) is 0 Å². The number of hydrogen-bond donors (Lipinski definition) is 0. The van der Waals surface area contributed by atoms with E-state index in [0.717, 1.165) is 19.3 Å². The topological polar surface area (TPSA) is 34.1 Å². The van der Waals surface area contributed by atoms with Crippen LogP contribution in [0.15, 0.2) is 35.2 Å². The maximum atomic E-state index is 12.4. The van der Waals surface area contributed by atoms with Crippen LogP contribution in [0, 0.1) is 17.3 Å². The number of sulfone groups is 1. The van der Waals surface area contributed by atoms with Crippen LogP contribution in [0.2, 0.25) is 0 Å². The molecule has 1 aliphatic rings. The Kier molecular flexibility index (Phi) is 4.01. The van der Waals surface area contributed by atoms with E-state index in [2.05, 4.69) is 18.8 Å². The highest BCUT2D eigenvalue weighted by Gasteiger charge is 2.57. The van der Waals surface area contributed by atoms with Crippen molar-refractivity contribution in [2.24, 2.45) is 5.41 Å². The van der Waals surface area contributed by atoms with Crippen molar-refractivity contribution >= 4 is 9.84 Å². The van der Waals surface area contributed by atoms with Gasteiger partial charge in [-0.05, 0) is 31.9 Å². The van der Waals surface area contributed by atoms with E-state index in [1.54, 1.807) is 24.3 Å². The summed E-state index contributed by atoms with van der Waals surface area (Å²) in [5, 5.41) is -0.337. The molecule has 1 aromatic rings. The summed E-state index contributed by atoms with van der Waals surface area (Å²) < 4.78 is 24.9. The summed E-state index contributed by atoms with van der Waals surface area (Å²) >= 11 is 0. The fraction of sp³-hybridized carbons (Fsp3) is 0.500. The van der Waals surface area contributed by atoms with Gasteiger partial charge in [-0.25, -0.2) is 8.42 Å². The molecule has 0 spiro atoms. The molecule has 2 nitrogen and oxygen atoms in total. The minimum atomic E-state index is -3.22. The zero-order valence-electron chi connectivity index (χ0n) is 11.5. The normalized spacial score (nSPS) is 25.5. The van der Waals surface area contributed by atoms with Crippen LogP contribution >= 0.6 is 0 Å². The first kappa shape index (κ1) is 14.1. The summed E-state index contributed by atoms with van der Waals surface area (Å²) in [7, 11) is -3.22. The Bertz CT molecular complexity index is 593. The highest BCUT2D eigenvalue weighted by Crippen LogP contribution is 2.51. The third-order valence-corrected chi connectivity index (χ3v) is 6.00. The molecule has 1 aromatic carbocycles. The molecule has 0 bridgehead atoms. The first-order chi connectivity index (χ1) is 9.00. The molecule has 0 saturated heterocycles. The SMILES string of the molecule is CCCCC#C[C@@]1(C)C[C@@H]1S(=O)(=O)c1ccccc1. The third-order valence-electron chi connectivity index (χ3n) is 3.64. The molecule has 2 rings (SSSR count). The van der Waals surface area contributed by atoms with Gasteiger partial charge in [-0.2, -0.15) is 0 Å². The van der Waals surface area contributed by atoms with E-state index in [0.29, 0.717) is 11.3 Å². The molecule has 2 atom stereocenters. The minimum absolute atomic E-state index is 0.337. The van der Waals surface area contributed by atoms with Gasteiger partial charge in [0.25, 0.3) is 0 Å². The Morgan fingerprint density at radius 1 is 1.32 bits per heavy atom. The first-order valence-electron chi connectivity index (χ1n) is 6.79. The van der Waals surface area contributed by atoms with Crippen molar-refractivity contribution in [3.8, 4) is 11.8 Å². The Hall–Kier alpha value is -1.27. The molecular formula is C16H20O2S. The lowest BCUT2D eigenvalue weighted by molar-refractivity contribution is 0.589. The number of unbranched alkanes of at least 4 members (excludes halogenated alkanes) is 2. The van der Waals surface area contributed by atoms with Gasteiger partial charge in [-0.1, -0.05) is 37.5 Å². The molecule has 0 aliphatic heterocycles. The number of hydrogen-bond acceptors (Lipinski definition) is 2. The predicted molar refractivity (Wildman–Crippen MR) is 77.4 cm³/mol. The summed E-state index contributed by atoms with van der Waals surface area (Å²) in [6.45, 7) is 4.08. The van der Waals surface area contributed by atoms with Crippen molar-refractivity contribution in [1.82, 2.24) is 0 Å². The van der Waals surface area contributed by atoms with Gasteiger partial charge in [0.15, 0.2) is 9.84 Å². The van der Waals surface area contributed by atoms with Gasteiger partial charge in [-0.15, -0.1) is 5.92 Å². The number of rotatable bonds is 4. The van der Waals surface area contributed by atoms with Gasteiger partial charge in [0.2, 0.25) is 0 Å². The van der Waals surface area contributed by atoms with Crippen LogP contribution in [0.1, 0.15) is 39.5 Å². The van der Waals surface area contributed by atoms with E-state index in [-0.39, 0.29) is 10.7 Å². The van der Waals surface area contributed by atoms with Crippen LogP contribution in [-0.4, -0.2) is 13.7 Å². The molecule has 19 heavy (non-hydrogen) atoms. The zero-order chi connectivity index (χ0) is 13.9. The molecular weight excluding hydrogens is 256 g/mol. The summed E-state index contributed by atoms with van der Waals surface area (Å²) in [4.78, 5) is 0.416. The van der Waals surface area contributed by atoms with E-state index in [9.17, 15) is 8.42 Å². The largest absolute Gasteiger partial charge is 0.223 e. The van der Waals surface area contributed by atoms with Gasteiger partial charge in [0.05, 0.1) is 10.1 Å². The molecule has 3 heteroatoms. The molecule has 0 aromatic heterocycles. The van der Waals surface area contributed by atoms with Gasteiger partial charge in [-0.3, -0.25) is 0 Å². The van der Waals surface area contributed by atoms with Crippen molar-refractivity contribution in [1.29, 1.82) is 0 Å². The van der Waals surface area contributed by atoms with Crippen molar-refractivity contribution in [3.05, 3.63) is 30.3 Å². The van der Waals surface area contributed by atoms with Gasteiger partial charge < -0.3 is 0 Å². The Labute approximate surface area is 116 Å². The second-order valence-corrected chi connectivity index (χ2v) is 7.50. The molecule has 1 saturated carbocycles. The summed E-state index contributed by atoms with van der Waals surface area (Å²) in [6, 6.07) is 8.69. The molecule has 0 unspecified atom stereocenters. The maximum Gasteiger partial charge on any atom is 0.182 e. The number of benzene rings is 1. The fourth-order valence-corrected chi connectivity index (χ4v) is 4.39. The quantitative estimate of drug-likeness (QED) is 0.623. The van der Waals surface area contributed by atoms with E-state index in [1.165, 1.54) is 0 Å². The van der Waals surface area contributed by atoms with Gasteiger partial charge in [0.1, 0.15) is 0 Å². The smallest absolute Gasteiger partial charge is 0.182 e. The molecule has 0 amide bonds. The maximum absolute atomic E-state index is 12.4. The Balaban J connectivity index is 2.11. The standard InChI is InChI=1S/C16H20O2S/c1-3-4-5-9-12-16(2)13-15(16)19(17,18)14-10-7-6-8-11-14/h6-8,10-11,15H,3-5,13H2,1-2H3/t15-,16-/m0/s1. The molecule has 1 fully saturated rings. The van der Waals surface area contributed by atoms with Crippen LogP contribution in [0.5, 0.6) is 0 Å². The van der Waals surface area contributed by atoms with Gasteiger partial charge in [0, 0.05) is 11.8 Å². The molecule has 0 radical (unpaired) electrons. The van der Waals surface area contributed by atoms with Crippen molar-refractivity contribution in [3.63, 3.8) is 0 Å². The van der Waals surface area contributed by atoms with Crippen molar-refractivity contribution in [2.45, 2.75) is 49.7 Å². The van der Waals surface area contributed by atoms with Crippen LogP contribution in [0.4, 0.5) is 0 Å². The fourth-order valence-electron chi connectivity index (χ4n) is 2.21. The van der Waals surface area contributed by atoms with Crippen LogP contribution < -0.4 is 0 Å². The average Bonchev–Trinajstić information content (AvgIpc) is 3.09. The van der Waals surface area contributed by atoms with E-state index in [1.807, 2.05) is 13.0 Å². The van der Waals surface area contributed by atoms with E-state index < -0.39 is 9.84 Å². The molecule has 0 N–H and O–H groups in total. The second kappa shape index (κ2) is 5.38. The Morgan fingerprint density at radius 3 is 2.63 bits per heavy atom. The highest BCUT2D eigenvalue weighted by molar-refractivity contribution is 7.92. The summed E-state index contributed by atoms with van der Waals surface area (Å²) in [5.74, 6) is 6.29. The predicted octanol–water partition coefficient (Wildman–Crippen LogP) is 3.43. The van der Waals surface area contributed by atoms with Gasteiger partial charge >= 0.3 is 0 Å². The van der Waals surface area contributed by atoms with Crippen LogP contribution in [0.25, 0.3) is 0 Å². The zero-order valence-corrected chi connectivity index (χ0v) is 12.3. The van der Waals surface area contributed by atoms with Crippen LogP contribution in [-0.2, 0) is 9.84 Å². The van der Waals surface area contributed by atoms with E-state index >= 15 is 0 Å². The lowest BCUT2D eigenvalue weighted by Gasteiger charge is -2.05. The third kappa shape index (κ3) is 3.01. The molecule has 0 heterocycles. The van der Waals surface area contributed by atoms with Crippen molar-refractivity contribution in [2.75, 3.05) is 0 Å². The second-order valence-electron chi connectivity index (χ2n) is 5.37. The lowest BCUT2D eigenvalue weighted by Crippen LogP contribution is -2.13. The van der Waals surface area contributed by atoms with Crippen molar-refractivity contribution < 1.29 is 8.42 Å². The summed E-state index contributed by atoms with van der Waals surface area (Å²) in [6.07, 6.45) is 3.73. The lowest BCUT2D eigenvalue weighted by atomic mass is 10.1. The molecule has 102 valence electrons. The molecule has 1 aliphatic carbocycles. The first-order valence-corrected chi connectivity index (χ1v) is 8.34. The average molecular weight is 276 g/mol. The Morgan fingerprint density at radius 2 is 2.00 bits per heavy atom. The minimum Gasteiger partial charge on any atom is -0.223 e. The summed E-state index contributed by atoms with van der Waals surface area (Å²) in [5.41, 5.74) is -0.345. The monoisotopic (exact) mass is 276 g/mol.